The van der Waals surface area contributed by atoms with Crippen molar-refractivity contribution in [1.29, 1.82) is 0 Å². The lowest BCUT2D eigenvalue weighted by molar-refractivity contribution is -0.137. The average Bonchev–Trinajstić information content (AvgIpc) is 2.53. The van der Waals surface area contributed by atoms with Crippen LogP contribution in [0.4, 0.5) is 0 Å². The smallest absolute Gasteiger partial charge is 0.305 e. The van der Waals surface area contributed by atoms with Gasteiger partial charge in [-0.1, -0.05) is 42.5 Å². The number of aliphatic carboxylic acids is 1. The van der Waals surface area contributed by atoms with Crippen molar-refractivity contribution in [1.82, 2.24) is 5.32 Å². The number of benzene rings is 2. The van der Waals surface area contributed by atoms with Crippen LogP contribution in [0.15, 0.2) is 54.6 Å². The second kappa shape index (κ2) is 7.98. The number of ether oxygens (including phenoxy) is 1. The number of carbonyl (C=O) groups excluding carboxylic acids is 1. The van der Waals surface area contributed by atoms with E-state index in [2.05, 4.69) is 5.32 Å². The van der Waals surface area contributed by atoms with Crippen LogP contribution in [0.25, 0.3) is 0 Å². The van der Waals surface area contributed by atoms with Gasteiger partial charge in [-0.05, 0) is 30.2 Å². The maximum absolute atomic E-state index is 12.0. The molecule has 0 saturated heterocycles. The highest BCUT2D eigenvalue weighted by atomic mass is 16.5. The Morgan fingerprint density at radius 2 is 1.87 bits per heavy atom. The molecule has 5 heteroatoms. The van der Waals surface area contributed by atoms with Gasteiger partial charge in [-0.25, -0.2) is 0 Å². The molecule has 2 rings (SSSR count). The largest absolute Gasteiger partial charge is 0.484 e. The van der Waals surface area contributed by atoms with Crippen LogP contribution in [0.3, 0.4) is 0 Å². The first-order valence-corrected chi connectivity index (χ1v) is 7.30. The molecule has 0 heterocycles. The van der Waals surface area contributed by atoms with Gasteiger partial charge in [0.2, 0.25) is 0 Å². The standard InChI is InChI=1S/C18H19NO4/c1-13-6-5-9-15(10-13)23-12-17(20)19-16(11-18(21)22)14-7-3-2-4-8-14/h2-10,16H,11-12H2,1H3,(H,19,20)(H,21,22). The molecule has 1 amide bonds. The highest BCUT2D eigenvalue weighted by Crippen LogP contribution is 2.17. The topological polar surface area (TPSA) is 75.6 Å². The molecule has 2 aromatic rings. The Kier molecular flexibility index (Phi) is 5.74. The predicted molar refractivity (Wildman–Crippen MR) is 86.3 cm³/mol. The number of nitrogens with one attached hydrogen (secondary N) is 1. The zero-order chi connectivity index (χ0) is 16.7. The van der Waals surface area contributed by atoms with Gasteiger partial charge in [-0.3, -0.25) is 9.59 Å². The maximum atomic E-state index is 12.0. The molecule has 120 valence electrons. The van der Waals surface area contributed by atoms with E-state index < -0.39 is 12.0 Å². The lowest BCUT2D eigenvalue weighted by Gasteiger charge is -2.17. The lowest BCUT2D eigenvalue weighted by atomic mass is 10.0. The predicted octanol–water partition coefficient (Wildman–Crippen LogP) is 2.71. The number of carboxylic acid groups (broad SMARTS) is 1. The van der Waals surface area contributed by atoms with E-state index in [0.717, 1.165) is 11.1 Å². The number of aryl methyl sites for hydroxylation is 1. The molecule has 0 bridgehead atoms. The Labute approximate surface area is 134 Å². The molecule has 0 aliphatic carbocycles. The van der Waals surface area contributed by atoms with Gasteiger partial charge in [0.15, 0.2) is 6.61 Å². The summed E-state index contributed by atoms with van der Waals surface area (Å²) < 4.78 is 5.43. The van der Waals surface area contributed by atoms with Crippen molar-refractivity contribution in [2.24, 2.45) is 0 Å². The van der Waals surface area contributed by atoms with Gasteiger partial charge in [0, 0.05) is 0 Å². The monoisotopic (exact) mass is 313 g/mol. The number of rotatable bonds is 7. The van der Waals surface area contributed by atoms with Gasteiger partial charge in [0.1, 0.15) is 5.75 Å². The van der Waals surface area contributed by atoms with E-state index in [9.17, 15) is 9.59 Å². The van der Waals surface area contributed by atoms with E-state index >= 15 is 0 Å². The minimum atomic E-state index is -0.973. The van der Waals surface area contributed by atoms with Crippen LogP contribution in [0.1, 0.15) is 23.6 Å². The van der Waals surface area contributed by atoms with E-state index in [1.807, 2.05) is 31.2 Å². The van der Waals surface area contributed by atoms with Crippen LogP contribution < -0.4 is 10.1 Å². The average molecular weight is 313 g/mol. The fraction of sp³-hybridized carbons (Fsp3) is 0.222. The van der Waals surface area contributed by atoms with Gasteiger partial charge in [-0.15, -0.1) is 0 Å². The molecule has 2 N–H and O–H groups in total. The van der Waals surface area contributed by atoms with Crippen LogP contribution in [0, 0.1) is 6.92 Å². The number of carbonyl (C=O) groups is 2. The molecule has 23 heavy (non-hydrogen) atoms. The van der Waals surface area contributed by atoms with E-state index in [1.54, 1.807) is 30.3 Å². The molecular weight excluding hydrogens is 294 g/mol. The first-order valence-electron chi connectivity index (χ1n) is 7.30. The number of amides is 1. The second-order valence-corrected chi connectivity index (χ2v) is 5.23. The van der Waals surface area contributed by atoms with Crippen LogP contribution in [0.5, 0.6) is 5.75 Å². The quantitative estimate of drug-likeness (QED) is 0.824. The second-order valence-electron chi connectivity index (χ2n) is 5.23. The summed E-state index contributed by atoms with van der Waals surface area (Å²) >= 11 is 0. The number of hydrogen-bond acceptors (Lipinski definition) is 3. The van der Waals surface area contributed by atoms with Gasteiger partial charge in [0.05, 0.1) is 12.5 Å². The molecule has 0 fully saturated rings. The van der Waals surface area contributed by atoms with E-state index in [4.69, 9.17) is 9.84 Å². The molecule has 0 saturated carbocycles. The molecule has 1 atom stereocenters. The van der Waals surface area contributed by atoms with Gasteiger partial charge < -0.3 is 15.2 Å². The zero-order valence-corrected chi connectivity index (χ0v) is 12.9. The third kappa shape index (κ3) is 5.47. The molecule has 1 unspecified atom stereocenters. The summed E-state index contributed by atoms with van der Waals surface area (Å²) in [4.78, 5) is 23.0. The summed E-state index contributed by atoms with van der Waals surface area (Å²) in [5.74, 6) is -0.727. The molecule has 0 aliphatic heterocycles. The highest BCUT2D eigenvalue weighted by Gasteiger charge is 2.18. The summed E-state index contributed by atoms with van der Waals surface area (Å²) in [7, 11) is 0. The molecule has 0 aromatic heterocycles. The normalized spacial score (nSPS) is 11.5. The Bertz CT molecular complexity index is 670. The third-order valence-electron chi connectivity index (χ3n) is 3.28. The molecule has 0 spiro atoms. The van der Waals surface area contributed by atoms with Crippen molar-refractivity contribution in [2.45, 2.75) is 19.4 Å². The molecule has 5 nitrogen and oxygen atoms in total. The van der Waals surface area contributed by atoms with E-state index in [-0.39, 0.29) is 18.9 Å². The third-order valence-corrected chi connectivity index (χ3v) is 3.28. The SMILES string of the molecule is Cc1cccc(OCC(=O)NC(CC(=O)O)c2ccccc2)c1. The summed E-state index contributed by atoms with van der Waals surface area (Å²) in [6, 6.07) is 15.8. The first-order chi connectivity index (χ1) is 11.0. The summed E-state index contributed by atoms with van der Waals surface area (Å²) in [6.07, 6.45) is -0.180. The zero-order valence-electron chi connectivity index (χ0n) is 12.9. The van der Waals surface area contributed by atoms with E-state index in [1.165, 1.54) is 0 Å². The first kappa shape index (κ1) is 16.5. The minimum absolute atomic E-state index is 0.160. The van der Waals surface area contributed by atoms with Crippen LogP contribution in [-0.2, 0) is 9.59 Å². The van der Waals surface area contributed by atoms with Gasteiger partial charge >= 0.3 is 5.97 Å². The van der Waals surface area contributed by atoms with Crippen molar-refractivity contribution in [3.8, 4) is 5.75 Å². The fourth-order valence-corrected chi connectivity index (χ4v) is 2.20. The van der Waals surface area contributed by atoms with Crippen LogP contribution >= 0.6 is 0 Å². The summed E-state index contributed by atoms with van der Waals surface area (Å²) in [5, 5.41) is 11.7. The molecule has 0 aliphatic rings. The summed E-state index contributed by atoms with van der Waals surface area (Å²) in [6.45, 7) is 1.78. The molecular formula is C18H19NO4. The number of hydrogen-bond donors (Lipinski definition) is 2. The summed E-state index contributed by atoms with van der Waals surface area (Å²) in [5.41, 5.74) is 1.79. The Hall–Kier alpha value is -2.82. The van der Waals surface area contributed by atoms with Crippen molar-refractivity contribution in [2.75, 3.05) is 6.61 Å². The fourth-order valence-electron chi connectivity index (χ4n) is 2.20. The Morgan fingerprint density at radius 3 is 2.52 bits per heavy atom. The van der Waals surface area contributed by atoms with Crippen molar-refractivity contribution in [3.05, 3.63) is 65.7 Å². The van der Waals surface area contributed by atoms with Crippen LogP contribution in [-0.4, -0.2) is 23.6 Å². The minimum Gasteiger partial charge on any atom is -0.484 e. The molecule has 2 aromatic carbocycles. The van der Waals surface area contributed by atoms with Crippen molar-refractivity contribution >= 4 is 11.9 Å². The van der Waals surface area contributed by atoms with Crippen molar-refractivity contribution < 1.29 is 19.4 Å². The maximum Gasteiger partial charge on any atom is 0.305 e. The highest BCUT2D eigenvalue weighted by molar-refractivity contribution is 5.79. The van der Waals surface area contributed by atoms with E-state index in [0.29, 0.717) is 5.75 Å². The van der Waals surface area contributed by atoms with Gasteiger partial charge in [0.25, 0.3) is 5.91 Å². The Morgan fingerprint density at radius 1 is 1.13 bits per heavy atom. The molecule has 0 radical (unpaired) electrons. The van der Waals surface area contributed by atoms with Crippen molar-refractivity contribution in [3.63, 3.8) is 0 Å². The van der Waals surface area contributed by atoms with Gasteiger partial charge in [-0.2, -0.15) is 0 Å². The van der Waals surface area contributed by atoms with Crippen LogP contribution in [0.2, 0.25) is 0 Å². The Balaban J connectivity index is 1.96. The number of carboxylic acids is 1. The lowest BCUT2D eigenvalue weighted by Crippen LogP contribution is -2.33.